The summed E-state index contributed by atoms with van der Waals surface area (Å²) in [6.07, 6.45) is -54.8. The maximum atomic E-state index is 14.2. The van der Waals surface area contributed by atoms with Crippen molar-refractivity contribution < 1.29 is 110 Å². The van der Waals surface area contributed by atoms with Gasteiger partial charge in [0.1, 0.15) is 6.15 Å². The SMILES string of the molecule is CCNC(=[NH+]CC)c1ccc(Br)cc1.FC(F)(F)c1cc([B-](c2cc(C(F)(F)F)cc(C(F)(F)F)c2)(c2cc(C(F)(F)F)cc(C(F)(F)F)c2)c2cc(C(F)(F)F)cc(C(F)(F)F)c2)cc(C(F)(F)F)c1. The van der Waals surface area contributed by atoms with Crippen LogP contribution >= 0.6 is 15.9 Å². The molecule has 2 N–H and O–H groups in total. The molecular formula is C43H28BBrF24N2. The molecule has 5 aromatic rings. The first-order valence-corrected chi connectivity index (χ1v) is 20.3. The first kappa shape index (κ1) is 58.0. The van der Waals surface area contributed by atoms with Gasteiger partial charge in [0.2, 0.25) is 0 Å². The van der Waals surface area contributed by atoms with Gasteiger partial charge in [0.05, 0.1) is 63.2 Å². The highest BCUT2D eigenvalue weighted by molar-refractivity contribution is 9.10. The van der Waals surface area contributed by atoms with Gasteiger partial charge in [-0.15, -0.1) is 0 Å². The van der Waals surface area contributed by atoms with E-state index in [1.54, 1.807) is 0 Å². The van der Waals surface area contributed by atoms with Crippen molar-refractivity contribution >= 4 is 49.8 Å². The zero-order valence-corrected chi connectivity index (χ0v) is 36.8. The quantitative estimate of drug-likeness (QED) is 0.0722. The van der Waals surface area contributed by atoms with E-state index >= 15 is 0 Å². The molecule has 0 aliphatic heterocycles. The Kier molecular flexibility index (Phi) is 16.5. The molecule has 5 rings (SSSR count). The minimum Gasteiger partial charge on any atom is -0.275 e. The molecule has 0 radical (unpaired) electrons. The predicted molar refractivity (Wildman–Crippen MR) is 214 cm³/mol. The third kappa shape index (κ3) is 13.9. The van der Waals surface area contributed by atoms with E-state index < -0.39 is 195 Å². The normalized spacial score (nSPS) is 13.8. The van der Waals surface area contributed by atoms with Crippen LogP contribution in [0.3, 0.4) is 0 Å². The Morgan fingerprint density at radius 2 is 0.592 bits per heavy atom. The van der Waals surface area contributed by atoms with Crippen molar-refractivity contribution in [3.05, 3.63) is 152 Å². The van der Waals surface area contributed by atoms with Crippen LogP contribution in [0.15, 0.2) is 102 Å². The molecule has 2 nitrogen and oxygen atoms in total. The number of nitrogens with one attached hydrogen (secondary N) is 2. The van der Waals surface area contributed by atoms with Crippen LogP contribution in [-0.4, -0.2) is 25.1 Å². The lowest BCUT2D eigenvalue weighted by atomic mass is 9.12. The van der Waals surface area contributed by atoms with E-state index in [4.69, 9.17) is 0 Å². The van der Waals surface area contributed by atoms with Crippen molar-refractivity contribution in [1.82, 2.24) is 5.32 Å². The predicted octanol–water partition coefficient (Wildman–Crippen LogP) is 12.1. The topological polar surface area (TPSA) is 26.0 Å². The molecule has 71 heavy (non-hydrogen) atoms. The molecule has 0 amide bonds. The summed E-state index contributed by atoms with van der Waals surface area (Å²) >= 11 is 3.42. The molecule has 28 heteroatoms. The van der Waals surface area contributed by atoms with Gasteiger partial charge in [0.25, 0.3) is 5.84 Å². The maximum absolute atomic E-state index is 14.2. The lowest BCUT2D eigenvalue weighted by Gasteiger charge is -2.46. The van der Waals surface area contributed by atoms with Crippen molar-refractivity contribution in [2.45, 2.75) is 63.3 Å². The highest BCUT2D eigenvalue weighted by Crippen LogP contribution is 2.41. The highest BCUT2D eigenvalue weighted by atomic mass is 79.9. The fourth-order valence-electron chi connectivity index (χ4n) is 7.31. The number of hydrogen-bond acceptors (Lipinski definition) is 0. The Balaban J connectivity index is 0.000000671. The van der Waals surface area contributed by atoms with E-state index in [1.807, 2.05) is 12.1 Å². The summed E-state index contributed by atoms with van der Waals surface area (Å²) in [5.74, 6) is 1.10. The van der Waals surface area contributed by atoms with Gasteiger partial charge in [-0.1, -0.05) is 64.5 Å². The zero-order valence-electron chi connectivity index (χ0n) is 35.2. The van der Waals surface area contributed by atoms with Gasteiger partial charge in [-0.2, -0.15) is 127 Å². The van der Waals surface area contributed by atoms with Gasteiger partial charge in [0, 0.05) is 4.47 Å². The smallest absolute Gasteiger partial charge is 0.275 e. The van der Waals surface area contributed by atoms with Crippen molar-refractivity contribution in [2.24, 2.45) is 0 Å². The van der Waals surface area contributed by atoms with Crippen molar-refractivity contribution in [2.75, 3.05) is 13.1 Å². The van der Waals surface area contributed by atoms with Crippen LogP contribution in [0.4, 0.5) is 105 Å². The number of hydrogen-bond donors (Lipinski definition) is 2. The minimum absolute atomic E-state index is 0.691. The van der Waals surface area contributed by atoms with Gasteiger partial charge in [-0.05, 0) is 62.4 Å². The van der Waals surface area contributed by atoms with E-state index in [-0.39, 0.29) is 0 Å². The molecule has 0 heterocycles. The molecule has 0 fully saturated rings. The second-order valence-corrected chi connectivity index (χ2v) is 16.1. The largest absolute Gasteiger partial charge is 0.416 e. The lowest BCUT2D eigenvalue weighted by molar-refractivity contribution is -0.454. The van der Waals surface area contributed by atoms with Gasteiger partial charge >= 0.3 is 49.4 Å². The van der Waals surface area contributed by atoms with Gasteiger partial charge in [0.15, 0.2) is 0 Å². The first-order valence-electron chi connectivity index (χ1n) is 19.5. The van der Waals surface area contributed by atoms with Crippen LogP contribution in [-0.2, 0) is 49.4 Å². The molecule has 0 aromatic heterocycles. The number of alkyl halides is 24. The van der Waals surface area contributed by atoms with Crippen LogP contribution < -0.4 is 32.2 Å². The van der Waals surface area contributed by atoms with E-state index in [0.29, 0.717) is 0 Å². The van der Waals surface area contributed by atoms with Crippen LogP contribution in [0.1, 0.15) is 63.9 Å². The summed E-state index contributed by atoms with van der Waals surface area (Å²) in [6, 6.07) is -0.543. The standard InChI is InChI=1S/C32H12BF24.C11H15BrN2/c34-25(35,36)13-1-14(26(37,38)39)6-21(5-13)33(22-7-15(27(40,41)42)2-16(8-22)28(43,44)45,23-9-17(29(46,47)48)3-18(10-23)30(49,50)51)24-11-19(31(52,53)54)4-20(12-24)32(55,56)57;1-3-13-11(14-4-2)9-5-7-10(12)8-6-9/h1-12H;5-8H,3-4H2,1-2H3,(H,13,14)/q-1;/p+1. The van der Waals surface area contributed by atoms with Gasteiger partial charge < -0.3 is 0 Å². The molecule has 0 bridgehead atoms. The van der Waals surface area contributed by atoms with Crippen molar-refractivity contribution in [3.63, 3.8) is 0 Å². The third-order valence-corrected chi connectivity index (χ3v) is 10.8. The summed E-state index contributed by atoms with van der Waals surface area (Å²) in [5.41, 5.74) is -29.0. The summed E-state index contributed by atoms with van der Waals surface area (Å²) in [6.45, 7) is 6.04. The first-order chi connectivity index (χ1) is 32.0. The summed E-state index contributed by atoms with van der Waals surface area (Å²) in [5, 5.41) is 3.31. The fourth-order valence-corrected chi connectivity index (χ4v) is 7.57. The van der Waals surface area contributed by atoms with Crippen LogP contribution in [0.2, 0.25) is 0 Å². The Hall–Kier alpha value is -5.57. The zero-order chi connectivity index (χ0) is 54.3. The Bertz CT molecular complexity index is 2270. The third-order valence-electron chi connectivity index (χ3n) is 10.3. The highest BCUT2D eigenvalue weighted by Gasteiger charge is 2.47. The molecule has 0 aliphatic carbocycles. The Morgan fingerprint density at radius 3 is 0.761 bits per heavy atom. The van der Waals surface area contributed by atoms with E-state index in [0.717, 1.165) is 23.4 Å². The fraction of sp³-hybridized carbons (Fsp3) is 0.279. The van der Waals surface area contributed by atoms with Crippen LogP contribution in [0.25, 0.3) is 0 Å². The molecule has 0 unspecified atom stereocenters. The summed E-state index contributed by atoms with van der Waals surface area (Å²) in [7, 11) is 0. The van der Waals surface area contributed by atoms with Crippen LogP contribution in [0.5, 0.6) is 0 Å². The maximum Gasteiger partial charge on any atom is 0.416 e. The Labute approximate surface area is 392 Å². The molecule has 0 saturated heterocycles. The molecule has 388 valence electrons. The number of benzene rings is 5. The minimum atomic E-state index is -6.13. The van der Waals surface area contributed by atoms with Crippen molar-refractivity contribution in [1.29, 1.82) is 0 Å². The van der Waals surface area contributed by atoms with E-state index in [9.17, 15) is 105 Å². The average Bonchev–Trinajstić information content (AvgIpc) is 3.21. The van der Waals surface area contributed by atoms with E-state index in [2.05, 4.69) is 52.2 Å². The Morgan fingerprint density at radius 1 is 0.380 bits per heavy atom. The number of amidine groups is 1. The molecule has 0 spiro atoms. The molecule has 5 aromatic carbocycles. The molecular weight excluding hydrogens is 1090 g/mol. The van der Waals surface area contributed by atoms with Gasteiger partial charge in [-0.25, -0.2) is 0 Å². The summed E-state index contributed by atoms with van der Waals surface area (Å²) < 4.78 is 342. The van der Waals surface area contributed by atoms with Gasteiger partial charge in [-0.3, -0.25) is 10.3 Å². The molecule has 0 atom stereocenters. The average molecular weight is 1120 g/mol. The summed E-state index contributed by atoms with van der Waals surface area (Å²) in [4.78, 5) is 3.31. The second kappa shape index (κ2) is 20.2. The van der Waals surface area contributed by atoms with Crippen molar-refractivity contribution in [3.8, 4) is 0 Å². The molecule has 0 saturated carbocycles. The molecule has 0 aliphatic rings. The van der Waals surface area contributed by atoms with Crippen LogP contribution in [0, 0.1) is 0 Å². The second-order valence-electron chi connectivity index (χ2n) is 15.2. The number of rotatable bonds is 7. The van der Waals surface area contributed by atoms with E-state index in [1.165, 1.54) is 5.56 Å². The lowest BCUT2D eigenvalue weighted by Crippen LogP contribution is -2.75. The monoisotopic (exact) mass is 1120 g/mol. The number of halogens is 25.